The minimum Gasteiger partial charge on any atom is -0.481 e. The van der Waals surface area contributed by atoms with Gasteiger partial charge in [-0.15, -0.1) is 12.4 Å². The van der Waals surface area contributed by atoms with Gasteiger partial charge < -0.3 is 60.9 Å². The molecule has 8 bridgehead atoms. The van der Waals surface area contributed by atoms with Crippen LogP contribution in [-0.4, -0.2) is 191 Å². The molecule has 684 valence electrons. The lowest BCUT2D eigenvalue weighted by molar-refractivity contribution is -0.388. The third-order valence-electron chi connectivity index (χ3n) is 21.1. The predicted molar refractivity (Wildman–Crippen MR) is 440 cm³/mol. The number of sulfonamides is 3. The molecule has 0 aliphatic heterocycles. The molecule has 4 aromatic rings. The lowest BCUT2D eigenvalue weighted by Crippen LogP contribution is -2.79. The summed E-state index contributed by atoms with van der Waals surface area (Å²) < 4.78 is 133. The molecule has 123 heavy (non-hydrogen) atoms. The summed E-state index contributed by atoms with van der Waals surface area (Å²) in [6.45, 7) is 16.6. The largest absolute Gasteiger partial charge is 0.481 e. The number of aliphatic carboxylic acids is 1. The van der Waals surface area contributed by atoms with Crippen molar-refractivity contribution in [2.45, 2.75) is 237 Å². The molecule has 0 radical (unpaired) electrons. The summed E-state index contributed by atoms with van der Waals surface area (Å²) in [5.74, 6) is -3.19. The van der Waals surface area contributed by atoms with Crippen LogP contribution in [0, 0.1) is 62.1 Å². The van der Waals surface area contributed by atoms with E-state index in [1.54, 1.807) is 55.4 Å². The van der Waals surface area contributed by atoms with Crippen LogP contribution in [0.5, 0.6) is 0 Å². The molecule has 49 heteroatoms. The number of hydrogen-bond acceptors (Lipinski definition) is 32. The third kappa shape index (κ3) is 23.5. The lowest BCUT2D eigenvalue weighted by atomic mass is 9.39. The number of nitro benzene ring substituents is 4. The molecule has 0 heterocycles. The number of rotatable bonds is 25. The Morgan fingerprint density at radius 1 is 0.439 bits per heavy atom. The van der Waals surface area contributed by atoms with Crippen LogP contribution in [0.4, 0.5) is 32.3 Å². The molecule has 3 amide bonds. The number of nitrogens with zero attached hydrogens (tertiary/aromatic N) is 4. The second-order valence-corrected chi connectivity index (χ2v) is 41.5. The molecule has 4 aromatic carbocycles. The number of carbonyl (C=O) groups excluding carboxylic acids is 7. The highest BCUT2D eigenvalue weighted by atomic mass is 35.7. The maximum atomic E-state index is 13.2. The van der Waals surface area contributed by atoms with Crippen LogP contribution in [-0.2, 0) is 96.3 Å². The van der Waals surface area contributed by atoms with Gasteiger partial charge >= 0.3 is 42.0 Å². The fraction of sp³-hybridized carbons (Fsp3) is 0.568. The fourth-order valence-electron chi connectivity index (χ4n) is 15.9. The smallest absolute Gasteiger partial charge is 0.408 e. The Morgan fingerprint density at radius 2 is 0.707 bits per heavy atom. The summed E-state index contributed by atoms with van der Waals surface area (Å²) >= 11 is 0. The lowest BCUT2D eigenvalue weighted by Gasteiger charge is -2.69. The van der Waals surface area contributed by atoms with E-state index < -0.39 is 199 Å². The van der Waals surface area contributed by atoms with Crippen molar-refractivity contribution in [3.8, 4) is 0 Å². The van der Waals surface area contributed by atoms with Crippen molar-refractivity contribution in [3.63, 3.8) is 0 Å². The van der Waals surface area contributed by atoms with E-state index in [0.717, 1.165) is 62.8 Å². The van der Waals surface area contributed by atoms with E-state index in [2.05, 4.69) is 39.6 Å². The van der Waals surface area contributed by atoms with E-state index in [1.807, 2.05) is 0 Å². The van der Waals surface area contributed by atoms with Gasteiger partial charge in [0, 0.05) is 57.1 Å². The molecular weight excluding hydrogens is 1750 g/mol. The van der Waals surface area contributed by atoms with E-state index >= 15 is 0 Å². The molecule has 0 saturated heterocycles. The monoisotopic (exact) mass is 1850 g/mol. The average Bonchev–Trinajstić information content (AvgIpc) is 0.689. The molecule has 12 aliphatic rings. The predicted octanol–water partition coefficient (Wildman–Crippen LogP) is 7.65. The van der Waals surface area contributed by atoms with Crippen molar-refractivity contribution in [3.05, 3.63) is 138 Å². The van der Waals surface area contributed by atoms with Crippen LogP contribution < -0.4 is 41.6 Å². The Labute approximate surface area is 720 Å². The van der Waals surface area contributed by atoms with Gasteiger partial charge in [0.05, 0.1) is 80.9 Å². The SMILES string of the molecule is C.C.COC(=O)C12CC(N)(C1)C2.COC(=O)C12CC(NS(=O)(=O)c3ccccc3[N+](=O)[O-])(C1)C2.COC(=O)[C@H](N)C(C)(C)NC(=O)OC(C)(C)C.COC(=O)[C@H](NC(=O)C12CC(NS(=O)(=O)c3ccccc3[N+](=O)[O-])(C1)C2)C(C)(C)NC(=O)OC(C)(C)C.Cl.O=C(O)C12CC(NS(=O)(=O)c3ccccc3[N+](=O)[O-])(C1)C2.O=[N+]([O-])c1ccccc1S(=O)(=O)Cl. The number of nitrogens with two attached hydrogens (primary N) is 2. The average molecular weight is 1860 g/mol. The van der Waals surface area contributed by atoms with Crippen LogP contribution in [0.1, 0.15) is 161 Å². The van der Waals surface area contributed by atoms with Crippen molar-refractivity contribution in [2.24, 2.45) is 33.1 Å². The maximum Gasteiger partial charge on any atom is 0.408 e. The number of carbonyl (C=O) groups is 8. The summed E-state index contributed by atoms with van der Waals surface area (Å²) in [4.78, 5) is 133. The first-order chi connectivity index (χ1) is 54.8. The van der Waals surface area contributed by atoms with Crippen molar-refractivity contribution >= 4 is 133 Å². The second kappa shape index (κ2) is 37.4. The second-order valence-electron chi connectivity index (χ2n) is 34.0. The topological polar surface area (TPSA) is 646 Å². The van der Waals surface area contributed by atoms with E-state index in [-0.39, 0.29) is 93.6 Å². The number of nitrogens with one attached hydrogen (secondary N) is 6. The molecule has 12 aliphatic carbocycles. The number of alkyl carbamates (subject to hydrolysis) is 2. The first-order valence-corrected chi connectivity index (χ1v) is 43.0. The molecule has 16 rings (SSSR count). The van der Waals surface area contributed by atoms with Gasteiger partial charge in [-0.1, -0.05) is 63.4 Å². The first kappa shape index (κ1) is 105. The summed E-state index contributed by atoms with van der Waals surface area (Å²) in [5.41, 5.74) is 0.966. The van der Waals surface area contributed by atoms with Crippen LogP contribution >= 0.6 is 23.1 Å². The highest BCUT2D eigenvalue weighted by Gasteiger charge is 2.76. The third-order valence-corrected chi connectivity index (χ3v) is 27.3. The van der Waals surface area contributed by atoms with E-state index in [1.165, 1.54) is 95.8 Å². The van der Waals surface area contributed by atoms with Crippen LogP contribution in [0.15, 0.2) is 117 Å². The summed E-state index contributed by atoms with van der Waals surface area (Å²) in [5, 5.41) is 60.2. The first-order valence-electron chi connectivity index (χ1n) is 36.3. The van der Waals surface area contributed by atoms with Crippen LogP contribution in [0.25, 0.3) is 0 Å². The molecule has 43 nitrogen and oxygen atoms in total. The molecule has 2 atom stereocenters. The Balaban J connectivity index is 0.000000323. The maximum absolute atomic E-state index is 13.2. The van der Waals surface area contributed by atoms with E-state index in [4.69, 9.17) is 46.2 Å². The normalized spacial score (nSPS) is 24.5. The molecule has 0 unspecified atom stereocenters. The zero-order chi connectivity index (χ0) is 91.0. The number of ether oxygens (including phenoxy) is 6. The van der Waals surface area contributed by atoms with Crippen LogP contribution in [0.3, 0.4) is 0 Å². The number of carboxylic acids is 1. The zero-order valence-corrected chi connectivity index (χ0v) is 72.8. The van der Waals surface area contributed by atoms with Gasteiger partial charge in [0.1, 0.15) is 23.3 Å². The molecule has 12 saturated carbocycles. The number of benzene rings is 4. The quantitative estimate of drug-likeness (QED) is 0.0101. The molecule has 12 fully saturated rings. The van der Waals surface area contributed by atoms with Crippen molar-refractivity contribution in [1.82, 2.24) is 30.1 Å². The number of halogens is 2. The minimum atomic E-state index is -4.22. The number of methoxy groups -OCH3 is 4. The highest BCUT2D eigenvalue weighted by Crippen LogP contribution is 2.70. The minimum absolute atomic E-state index is 0. The van der Waals surface area contributed by atoms with Gasteiger partial charge in [-0.2, -0.15) is 0 Å². The Hall–Kier alpha value is -9.98. The number of amides is 3. The fourth-order valence-corrected chi connectivity index (χ4v) is 21.6. The van der Waals surface area contributed by atoms with Gasteiger partial charge in [-0.05, 0) is 171 Å². The standard InChI is InChI=1S/C23H32N4O9S.C13H14N2O6S.C12H12N2O6S.C11H22N2O4.C7H11NO2.C6H4ClNO4S.2CH4.ClH/c1-20(2,3)36-19(30)25-21(4,5)16(17(28)35-6)24-18(29)22-11-23(12-22,13-22)26-37(33,34)15-10-8-7-9-14(15)27(31)32;1-21-11(16)12-6-13(7-12,8-12)14-22(19,20)10-5-3-2-4-9(10)15(17)18;15-10(16)11-5-12(6-11,7-11)13-21(19,20)9-4-2-1-3-8(9)14(17)18;1-10(2,3)17-9(15)13-11(4,5)7(12)8(14)16-6;1-10-5(9)6-2-7(8,3-6)4-6;7-13(11,12)6-4-2-1-3-5(6)8(9)10;;;/h7-10,16,26H,11-13H2,1-6H3,(H,24,29)(H,25,30);2-5,14H,6-8H2,1H3;1-4,13H,5-7H2,(H,15,16);7H,12H2,1-6H3,(H,13,15);2-4,8H2,1H3;1-4H;2*1H4;1H/t16-,22?,23?;;;7-;;;;;/m0..0...../s1. The number of para-hydroxylation sites is 4. The van der Waals surface area contributed by atoms with Crippen molar-refractivity contribution in [1.29, 1.82) is 0 Å². The van der Waals surface area contributed by atoms with Gasteiger partial charge in [-0.25, -0.2) is 62.2 Å². The molecular formula is C74H104Cl2N12O31S4. The van der Waals surface area contributed by atoms with Crippen LogP contribution in [0.2, 0.25) is 0 Å². The number of hydrogen-bond donors (Lipinski definition) is 9. The number of esters is 4. The highest BCUT2D eigenvalue weighted by molar-refractivity contribution is 8.13. The summed E-state index contributed by atoms with van der Waals surface area (Å²) in [6.07, 6.45) is 3.37. The molecule has 11 N–H and O–H groups in total. The van der Waals surface area contributed by atoms with Crippen molar-refractivity contribution < 1.29 is 125 Å². The van der Waals surface area contributed by atoms with Gasteiger partial charge in [0.15, 0.2) is 19.6 Å². The van der Waals surface area contributed by atoms with Crippen molar-refractivity contribution in [2.75, 3.05) is 28.4 Å². The van der Waals surface area contributed by atoms with Gasteiger partial charge in [0.2, 0.25) is 36.0 Å². The Kier molecular flexibility index (Phi) is 32.1. The van der Waals surface area contributed by atoms with E-state index in [0.29, 0.717) is 19.3 Å². The van der Waals surface area contributed by atoms with E-state index in [9.17, 15) is 112 Å². The molecule has 0 spiro atoms. The summed E-state index contributed by atoms with van der Waals surface area (Å²) in [7, 11) is -6.24. The zero-order valence-electron chi connectivity index (χ0n) is 67.9. The Morgan fingerprint density at radius 3 is 0.967 bits per heavy atom. The number of nitro groups is 4. The Bertz CT molecular complexity index is 5190. The van der Waals surface area contributed by atoms with Gasteiger partial charge in [0.25, 0.3) is 31.8 Å². The molecule has 0 aromatic heterocycles. The number of carboxylic acid groups (broad SMARTS) is 1. The summed E-state index contributed by atoms with van der Waals surface area (Å²) in [6, 6.07) is 17.9. The van der Waals surface area contributed by atoms with Gasteiger partial charge in [-0.3, -0.25) is 64.4 Å².